The van der Waals surface area contributed by atoms with Gasteiger partial charge in [0.1, 0.15) is 0 Å². The molecular weight excluding hydrogens is 198 g/mol. The van der Waals surface area contributed by atoms with E-state index in [-0.39, 0.29) is 5.60 Å². The first-order valence-electron chi connectivity index (χ1n) is 7.05. The second-order valence-corrected chi connectivity index (χ2v) is 5.20. The summed E-state index contributed by atoms with van der Waals surface area (Å²) in [6.07, 6.45) is 6.27. The average Bonchev–Trinajstić information content (AvgIpc) is 2.30. The van der Waals surface area contributed by atoms with Gasteiger partial charge in [0, 0.05) is 12.6 Å². The van der Waals surface area contributed by atoms with E-state index in [0.717, 1.165) is 19.1 Å². The van der Waals surface area contributed by atoms with E-state index in [2.05, 4.69) is 33.0 Å². The van der Waals surface area contributed by atoms with Crippen LogP contribution >= 0.6 is 0 Å². The smallest absolute Gasteiger partial charge is 0.0834 e. The Bertz CT molecular complexity index is 185. The monoisotopic (exact) mass is 227 g/mol. The molecular formula is C14H29NO. The van der Waals surface area contributed by atoms with Gasteiger partial charge in [0.25, 0.3) is 0 Å². The second-order valence-electron chi connectivity index (χ2n) is 5.20. The van der Waals surface area contributed by atoms with Crippen LogP contribution < -0.4 is 5.32 Å². The summed E-state index contributed by atoms with van der Waals surface area (Å²) < 4.78 is 6.16. The zero-order valence-electron chi connectivity index (χ0n) is 11.5. The summed E-state index contributed by atoms with van der Waals surface area (Å²) in [5, 5.41) is 3.62. The highest BCUT2D eigenvalue weighted by Crippen LogP contribution is 2.38. The Balaban J connectivity index is 2.69. The van der Waals surface area contributed by atoms with E-state index >= 15 is 0 Å². The van der Waals surface area contributed by atoms with Crippen LogP contribution in [0.2, 0.25) is 0 Å². The molecule has 0 radical (unpaired) electrons. The van der Waals surface area contributed by atoms with Gasteiger partial charge < -0.3 is 10.1 Å². The lowest BCUT2D eigenvalue weighted by Crippen LogP contribution is -2.54. The van der Waals surface area contributed by atoms with Crippen LogP contribution in [0.1, 0.15) is 59.8 Å². The lowest BCUT2D eigenvalue weighted by molar-refractivity contribution is -0.0965. The highest BCUT2D eigenvalue weighted by molar-refractivity contribution is 4.95. The Hall–Kier alpha value is -0.0800. The van der Waals surface area contributed by atoms with Crippen molar-refractivity contribution >= 4 is 0 Å². The first-order valence-corrected chi connectivity index (χ1v) is 7.05. The van der Waals surface area contributed by atoms with Gasteiger partial charge in [0.15, 0.2) is 0 Å². The van der Waals surface area contributed by atoms with Crippen molar-refractivity contribution < 1.29 is 4.74 Å². The summed E-state index contributed by atoms with van der Waals surface area (Å²) in [5.74, 6) is 0.882. The molecule has 0 aliphatic heterocycles. The number of hydrogen-bond donors (Lipinski definition) is 1. The fourth-order valence-electron chi connectivity index (χ4n) is 3.08. The summed E-state index contributed by atoms with van der Waals surface area (Å²) >= 11 is 0. The number of nitrogens with one attached hydrogen (secondary N) is 1. The minimum Gasteiger partial charge on any atom is -0.374 e. The van der Waals surface area contributed by atoms with Crippen LogP contribution in [0, 0.1) is 5.92 Å². The van der Waals surface area contributed by atoms with E-state index in [4.69, 9.17) is 4.74 Å². The summed E-state index contributed by atoms with van der Waals surface area (Å²) in [7, 11) is 0. The van der Waals surface area contributed by atoms with Gasteiger partial charge in [-0.3, -0.25) is 0 Å². The van der Waals surface area contributed by atoms with Crippen LogP contribution in [0.4, 0.5) is 0 Å². The summed E-state index contributed by atoms with van der Waals surface area (Å²) in [4.78, 5) is 0. The number of hydrogen-bond acceptors (Lipinski definition) is 2. The average molecular weight is 227 g/mol. The van der Waals surface area contributed by atoms with Crippen molar-refractivity contribution in [2.45, 2.75) is 71.4 Å². The molecule has 16 heavy (non-hydrogen) atoms. The number of ether oxygens (including phenoxy) is 1. The molecule has 0 amide bonds. The van der Waals surface area contributed by atoms with Crippen LogP contribution in [0.25, 0.3) is 0 Å². The normalized spacial score (nSPS) is 32.6. The van der Waals surface area contributed by atoms with E-state index in [1.165, 1.54) is 32.1 Å². The van der Waals surface area contributed by atoms with Crippen LogP contribution in [-0.2, 0) is 4.74 Å². The Morgan fingerprint density at radius 1 is 1.25 bits per heavy atom. The van der Waals surface area contributed by atoms with Crippen molar-refractivity contribution in [1.29, 1.82) is 0 Å². The molecule has 1 saturated carbocycles. The summed E-state index contributed by atoms with van der Waals surface area (Å²) in [6.45, 7) is 10.8. The molecule has 1 atom stereocenters. The van der Waals surface area contributed by atoms with Gasteiger partial charge in [0.2, 0.25) is 0 Å². The molecule has 1 rings (SSSR count). The van der Waals surface area contributed by atoms with E-state index in [9.17, 15) is 0 Å². The molecule has 1 fully saturated rings. The molecule has 2 nitrogen and oxygen atoms in total. The van der Waals surface area contributed by atoms with Crippen molar-refractivity contribution in [3.63, 3.8) is 0 Å². The second kappa shape index (κ2) is 6.61. The van der Waals surface area contributed by atoms with Crippen molar-refractivity contribution in [3.8, 4) is 0 Å². The lowest BCUT2D eigenvalue weighted by Gasteiger charge is -2.45. The molecule has 1 N–H and O–H groups in total. The topological polar surface area (TPSA) is 21.3 Å². The highest BCUT2D eigenvalue weighted by Gasteiger charge is 2.40. The Kier molecular flexibility index (Phi) is 5.77. The molecule has 1 aliphatic rings. The van der Waals surface area contributed by atoms with Crippen molar-refractivity contribution in [1.82, 2.24) is 5.32 Å². The molecule has 0 bridgehead atoms. The van der Waals surface area contributed by atoms with Crippen molar-refractivity contribution in [3.05, 3.63) is 0 Å². The number of rotatable bonds is 6. The van der Waals surface area contributed by atoms with Crippen LogP contribution in [0.3, 0.4) is 0 Å². The predicted octanol–water partition coefficient (Wildman–Crippen LogP) is 3.36. The molecule has 0 heterocycles. The molecule has 2 heteroatoms. The molecule has 0 spiro atoms. The van der Waals surface area contributed by atoms with Gasteiger partial charge in [-0.25, -0.2) is 0 Å². The third-order valence-corrected chi connectivity index (χ3v) is 4.05. The molecule has 1 unspecified atom stereocenters. The van der Waals surface area contributed by atoms with E-state index in [1.54, 1.807) is 0 Å². The van der Waals surface area contributed by atoms with Crippen LogP contribution in [0.5, 0.6) is 0 Å². The SMILES string of the molecule is CCNC(CC)C1(OCC)CCC(C)CC1. The van der Waals surface area contributed by atoms with Crippen LogP contribution in [-0.4, -0.2) is 24.8 Å². The maximum absolute atomic E-state index is 6.16. The van der Waals surface area contributed by atoms with E-state index < -0.39 is 0 Å². The molecule has 0 aromatic heterocycles. The van der Waals surface area contributed by atoms with Gasteiger partial charge >= 0.3 is 0 Å². The fraction of sp³-hybridized carbons (Fsp3) is 1.00. The predicted molar refractivity (Wildman–Crippen MR) is 69.7 cm³/mol. The Labute approximate surface area is 101 Å². The minimum absolute atomic E-state index is 0.117. The van der Waals surface area contributed by atoms with Gasteiger partial charge in [-0.1, -0.05) is 20.8 Å². The largest absolute Gasteiger partial charge is 0.374 e. The van der Waals surface area contributed by atoms with Crippen LogP contribution in [0.15, 0.2) is 0 Å². The standard InChI is InChI=1S/C14H29NO/c1-5-13(15-6-2)14(16-7-3)10-8-12(4)9-11-14/h12-13,15H,5-11H2,1-4H3. The summed E-state index contributed by atoms with van der Waals surface area (Å²) in [6, 6.07) is 0.532. The van der Waals surface area contributed by atoms with E-state index in [0.29, 0.717) is 6.04 Å². The molecule has 96 valence electrons. The van der Waals surface area contributed by atoms with Crippen molar-refractivity contribution in [2.75, 3.05) is 13.2 Å². The maximum Gasteiger partial charge on any atom is 0.0834 e. The molecule has 0 saturated heterocycles. The highest BCUT2D eigenvalue weighted by atomic mass is 16.5. The molecule has 1 aliphatic carbocycles. The Morgan fingerprint density at radius 3 is 2.31 bits per heavy atom. The maximum atomic E-state index is 6.16. The lowest BCUT2D eigenvalue weighted by atomic mass is 9.74. The third kappa shape index (κ3) is 3.21. The zero-order chi connectivity index (χ0) is 12.0. The van der Waals surface area contributed by atoms with Gasteiger partial charge in [0.05, 0.1) is 5.60 Å². The van der Waals surface area contributed by atoms with Gasteiger partial charge in [-0.2, -0.15) is 0 Å². The van der Waals surface area contributed by atoms with E-state index in [1.807, 2.05) is 0 Å². The van der Waals surface area contributed by atoms with Gasteiger partial charge in [-0.05, 0) is 51.5 Å². The Morgan fingerprint density at radius 2 is 1.88 bits per heavy atom. The van der Waals surface area contributed by atoms with Gasteiger partial charge in [-0.15, -0.1) is 0 Å². The third-order valence-electron chi connectivity index (χ3n) is 4.05. The minimum atomic E-state index is 0.117. The first kappa shape index (κ1) is 14.0. The molecule has 0 aromatic carbocycles. The summed E-state index contributed by atoms with van der Waals surface area (Å²) in [5.41, 5.74) is 0.117. The van der Waals surface area contributed by atoms with Crippen molar-refractivity contribution in [2.24, 2.45) is 5.92 Å². The quantitative estimate of drug-likeness (QED) is 0.751. The first-order chi connectivity index (χ1) is 7.68. The zero-order valence-corrected chi connectivity index (χ0v) is 11.5. The molecule has 0 aromatic rings. The fourth-order valence-corrected chi connectivity index (χ4v) is 3.08. The number of likely N-dealkylation sites (N-methyl/N-ethyl adjacent to an activating group) is 1.